The average Bonchev–Trinajstić information content (AvgIpc) is 2.19. The van der Waals surface area contributed by atoms with Gasteiger partial charge in [0.05, 0.1) is 0 Å². The van der Waals surface area contributed by atoms with Crippen molar-refractivity contribution in [3.63, 3.8) is 0 Å². The van der Waals surface area contributed by atoms with Crippen LogP contribution < -0.4 is 29.6 Å². The van der Waals surface area contributed by atoms with E-state index in [-0.39, 0.29) is 29.6 Å². The minimum Gasteiger partial charge on any atom is -0.725 e. The molecule has 0 rings (SSSR count). The normalized spacial score (nSPS) is 13.1. The van der Waals surface area contributed by atoms with Gasteiger partial charge in [-0.3, -0.25) is 0 Å². The Morgan fingerprint density at radius 2 is 1.65 bits per heavy atom. The maximum absolute atomic E-state index is 10.3. The van der Waals surface area contributed by atoms with E-state index >= 15 is 0 Å². The molecular weight excluding hydrogens is 255 g/mol. The Kier molecular flexibility index (Phi) is 14.1. The molecule has 0 aliphatic carbocycles. The Bertz CT molecular complexity index is 255. The van der Waals surface area contributed by atoms with Crippen LogP contribution in [0.5, 0.6) is 0 Å². The zero-order valence-electron chi connectivity index (χ0n) is 11.0. The molecule has 98 valence electrons. The van der Waals surface area contributed by atoms with E-state index in [2.05, 4.69) is 11.1 Å². The first-order valence-electron chi connectivity index (χ1n) is 5.66. The molecule has 0 saturated carbocycles. The van der Waals surface area contributed by atoms with E-state index in [0.29, 0.717) is 6.42 Å². The van der Waals surface area contributed by atoms with Crippen LogP contribution in [-0.4, -0.2) is 26.4 Å². The maximum Gasteiger partial charge on any atom is 1.00 e. The summed E-state index contributed by atoms with van der Waals surface area (Å²) in [5, 5.41) is 0. The number of hydrogen-bond acceptors (Lipinski definition) is 5. The predicted molar refractivity (Wildman–Crippen MR) is 59.6 cm³/mol. The van der Waals surface area contributed by atoms with Crippen molar-refractivity contribution in [2.75, 3.05) is 7.11 Å². The third-order valence-corrected chi connectivity index (χ3v) is 2.73. The number of ether oxygens (including phenoxy) is 1. The summed E-state index contributed by atoms with van der Waals surface area (Å²) < 4.78 is 39.9. The molecule has 5 nitrogen and oxygen atoms in total. The van der Waals surface area contributed by atoms with Gasteiger partial charge in [-0.2, -0.15) is 0 Å². The predicted octanol–water partition coefficient (Wildman–Crippen LogP) is -0.810. The first kappa shape index (κ1) is 20.2. The zero-order chi connectivity index (χ0) is 12.4. The summed E-state index contributed by atoms with van der Waals surface area (Å²) in [6.45, 7) is 2.15. The van der Waals surface area contributed by atoms with E-state index in [0.717, 1.165) is 19.3 Å². The van der Waals surface area contributed by atoms with E-state index in [1.807, 2.05) is 0 Å². The summed E-state index contributed by atoms with van der Waals surface area (Å²) in [5.41, 5.74) is 0. The molecule has 1 unspecified atom stereocenters. The quantitative estimate of drug-likeness (QED) is 0.171. The smallest absolute Gasteiger partial charge is 0.725 e. The van der Waals surface area contributed by atoms with Gasteiger partial charge in [-0.1, -0.05) is 39.0 Å². The molecule has 0 bridgehead atoms. The number of rotatable bonds is 10. The summed E-state index contributed by atoms with van der Waals surface area (Å²) in [6.07, 6.45) is 6.03. The maximum atomic E-state index is 10.3. The van der Waals surface area contributed by atoms with Crippen LogP contribution in [0.1, 0.15) is 51.9 Å². The number of methoxy groups -OCH3 is 1. The molecular formula is C10H21NaO5S. The first-order chi connectivity index (χ1) is 7.49. The second kappa shape index (κ2) is 11.9. The van der Waals surface area contributed by atoms with Crippen molar-refractivity contribution in [3.8, 4) is 0 Å². The van der Waals surface area contributed by atoms with Crippen LogP contribution >= 0.6 is 0 Å². The Hall–Kier alpha value is 0.830. The van der Waals surface area contributed by atoms with Crippen LogP contribution in [0.3, 0.4) is 0 Å². The summed E-state index contributed by atoms with van der Waals surface area (Å²) in [4.78, 5) is 0. The van der Waals surface area contributed by atoms with E-state index in [1.54, 1.807) is 0 Å². The topological polar surface area (TPSA) is 75.7 Å². The van der Waals surface area contributed by atoms with Gasteiger partial charge in [0.25, 0.3) is 0 Å². The van der Waals surface area contributed by atoms with Crippen LogP contribution in [0.25, 0.3) is 0 Å². The van der Waals surface area contributed by atoms with Crippen molar-refractivity contribution in [1.82, 2.24) is 0 Å². The van der Waals surface area contributed by atoms with Gasteiger partial charge in [0, 0.05) is 7.11 Å². The van der Waals surface area contributed by atoms with Gasteiger partial charge in [0.2, 0.25) is 10.4 Å². The molecule has 0 N–H and O–H groups in total. The first-order valence-corrected chi connectivity index (χ1v) is 7.00. The molecule has 0 spiro atoms. The molecule has 0 aromatic carbocycles. The molecule has 0 heterocycles. The SMILES string of the molecule is CCCCCCCCC(OC)OS(=O)(=O)[O-].[Na+]. The van der Waals surface area contributed by atoms with E-state index in [9.17, 15) is 13.0 Å². The Labute approximate surface area is 127 Å². The second-order valence-electron chi connectivity index (χ2n) is 3.73. The largest absolute Gasteiger partial charge is 1.00 e. The Morgan fingerprint density at radius 1 is 1.12 bits per heavy atom. The molecule has 0 saturated heterocycles. The minimum absolute atomic E-state index is 0. The zero-order valence-corrected chi connectivity index (χ0v) is 13.8. The molecule has 0 aliphatic heterocycles. The summed E-state index contributed by atoms with van der Waals surface area (Å²) >= 11 is 0. The van der Waals surface area contributed by atoms with E-state index < -0.39 is 16.7 Å². The summed E-state index contributed by atoms with van der Waals surface area (Å²) in [6, 6.07) is 0. The molecule has 7 heteroatoms. The average molecular weight is 276 g/mol. The van der Waals surface area contributed by atoms with Crippen LogP contribution in [0.2, 0.25) is 0 Å². The molecule has 0 aromatic heterocycles. The van der Waals surface area contributed by atoms with E-state index in [1.165, 1.54) is 26.4 Å². The standard InChI is InChI=1S/C10H22O5S.Na/c1-3-4-5-6-7-8-9-10(14-2)15-16(11,12)13;/h10H,3-9H2,1-2H3,(H,11,12,13);/q;+1/p-1. The fourth-order valence-corrected chi connectivity index (χ4v) is 1.87. The number of hydrogen-bond donors (Lipinski definition) is 0. The van der Waals surface area contributed by atoms with Gasteiger partial charge < -0.3 is 9.29 Å². The van der Waals surface area contributed by atoms with Crippen molar-refractivity contribution >= 4 is 10.4 Å². The molecule has 0 fully saturated rings. The van der Waals surface area contributed by atoms with Gasteiger partial charge in [-0.05, 0) is 12.8 Å². The number of unbranched alkanes of at least 4 members (excludes halogenated alkanes) is 5. The molecule has 0 aromatic rings. The van der Waals surface area contributed by atoms with E-state index in [4.69, 9.17) is 4.74 Å². The second-order valence-corrected chi connectivity index (χ2v) is 4.74. The monoisotopic (exact) mass is 276 g/mol. The Morgan fingerprint density at radius 3 is 2.12 bits per heavy atom. The fraction of sp³-hybridized carbons (Fsp3) is 1.00. The van der Waals surface area contributed by atoms with Crippen molar-refractivity contribution in [1.29, 1.82) is 0 Å². The van der Waals surface area contributed by atoms with Gasteiger partial charge in [-0.15, -0.1) is 0 Å². The van der Waals surface area contributed by atoms with Crippen LogP contribution in [0, 0.1) is 0 Å². The minimum atomic E-state index is -4.66. The third kappa shape index (κ3) is 14.8. The third-order valence-electron chi connectivity index (χ3n) is 2.28. The van der Waals surface area contributed by atoms with Gasteiger partial charge in [0.1, 0.15) is 0 Å². The van der Waals surface area contributed by atoms with Crippen LogP contribution in [-0.2, 0) is 19.3 Å². The molecule has 0 radical (unpaired) electrons. The van der Waals surface area contributed by atoms with Gasteiger partial charge in [0.15, 0.2) is 6.29 Å². The van der Waals surface area contributed by atoms with Gasteiger partial charge in [-0.25, -0.2) is 12.6 Å². The van der Waals surface area contributed by atoms with Crippen LogP contribution in [0.4, 0.5) is 0 Å². The summed E-state index contributed by atoms with van der Waals surface area (Å²) in [7, 11) is -3.34. The molecule has 1 atom stereocenters. The summed E-state index contributed by atoms with van der Waals surface area (Å²) in [5.74, 6) is 0. The fourth-order valence-electron chi connectivity index (χ4n) is 1.43. The van der Waals surface area contributed by atoms with Crippen molar-refractivity contribution in [3.05, 3.63) is 0 Å². The van der Waals surface area contributed by atoms with Crippen molar-refractivity contribution in [2.45, 2.75) is 58.2 Å². The van der Waals surface area contributed by atoms with Crippen molar-refractivity contribution in [2.24, 2.45) is 0 Å². The van der Waals surface area contributed by atoms with Crippen molar-refractivity contribution < 1.29 is 51.4 Å². The molecule has 17 heavy (non-hydrogen) atoms. The molecule has 0 amide bonds. The Balaban J connectivity index is 0. The van der Waals surface area contributed by atoms with Crippen LogP contribution in [0.15, 0.2) is 0 Å². The van der Waals surface area contributed by atoms with Gasteiger partial charge >= 0.3 is 29.6 Å². The molecule has 0 aliphatic rings.